The smallest absolute Gasteiger partial charge is 0.246 e. The molecule has 2 aromatic carbocycles. The highest BCUT2D eigenvalue weighted by molar-refractivity contribution is 7.89. The van der Waals surface area contributed by atoms with Crippen molar-refractivity contribution in [1.82, 2.24) is 9.21 Å². The first kappa shape index (κ1) is 19.6. The monoisotopic (exact) mass is 416 g/mol. The van der Waals surface area contributed by atoms with Gasteiger partial charge in [0.05, 0.1) is 10.0 Å². The van der Waals surface area contributed by atoms with E-state index in [9.17, 15) is 12.8 Å². The highest BCUT2D eigenvalue weighted by Gasteiger charge is 2.33. The third kappa shape index (κ3) is 3.89. The Labute approximate surface area is 163 Å². The van der Waals surface area contributed by atoms with E-state index in [4.69, 9.17) is 23.2 Å². The minimum Gasteiger partial charge on any atom is -0.294 e. The summed E-state index contributed by atoms with van der Waals surface area (Å²) in [7, 11) is -3.75. The Balaban J connectivity index is 1.73. The minimum absolute atomic E-state index is 0.0385. The van der Waals surface area contributed by atoms with E-state index in [-0.39, 0.29) is 26.8 Å². The van der Waals surface area contributed by atoms with E-state index in [1.54, 1.807) is 18.2 Å². The number of hydrogen-bond donors (Lipinski definition) is 0. The lowest BCUT2D eigenvalue weighted by molar-refractivity contribution is 0.146. The molecule has 0 amide bonds. The standard InChI is InChI=1S/C18H19Cl2FN2O2S/c1-13(14-5-7-15(21)8-6-14)22-9-11-23(12-10-22)26(24,25)18-16(19)3-2-4-17(18)20/h2-8,13H,9-12H2,1H3/t13-/m0/s1. The zero-order valence-electron chi connectivity index (χ0n) is 14.2. The number of piperazine rings is 1. The number of halogens is 3. The molecule has 0 unspecified atom stereocenters. The summed E-state index contributed by atoms with van der Waals surface area (Å²) < 4.78 is 40.3. The Morgan fingerprint density at radius 3 is 2.04 bits per heavy atom. The van der Waals surface area contributed by atoms with Gasteiger partial charge in [-0.2, -0.15) is 4.31 Å². The van der Waals surface area contributed by atoms with Crippen molar-refractivity contribution >= 4 is 33.2 Å². The number of rotatable bonds is 4. The third-order valence-corrected chi connectivity index (χ3v) is 7.54. The molecule has 0 aliphatic carbocycles. The molecule has 0 saturated carbocycles. The maximum Gasteiger partial charge on any atom is 0.246 e. The van der Waals surface area contributed by atoms with Gasteiger partial charge in [-0.15, -0.1) is 0 Å². The quantitative estimate of drug-likeness (QED) is 0.749. The van der Waals surface area contributed by atoms with E-state index < -0.39 is 10.0 Å². The molecule has 2 aromatic rings. The maximum atomic E-state index is 13.1. The van der Waals surface area contributed by atoms with Crippen LogP contribution in [0.1, 0.15) is 18.5 Å². The molecule has 0 aromatic heterocycles. The Hall–Kier alpha value is -1.18. The molecule has 1 heterocycles. The molecule has 1 aliphatic heterocycles. The van der Waals surface area contributed by atoms with E-state index in [0.29, 0.717) is 26.2 Å². The summed E-state index contributed by atoms with van der Waals surface area (Å²) in [6.45, 7) is 3.85. The zero-order chi connectivity index (χ0) is 18.9. The van der Waals surface area contributed by atoms with Crippen molar-refractivity contribution in [2.75, 3.05) is 26.2 Å². The van der Waals surface area contributed by atoms with Gasteiger partial charge in [0, 0.05) is 32.2 Å². The van der Waals surface area contributed by atoms with Crippen molar-refractivity contribution in [1.29, 1.82) is 0 Å². The van der Waals surface area contributed by atoms with Crippen LogP contribution in [0, 0.1) is 5.82 Å². The number of benzene rings is 2. The summed E-state index contributed by atoms with van der Waals surface area (Å²) in [5.41, 5.74) is 0.997. The van der Waals surface area contributed by atoms with Gasteiger partial charge in [-0.25, -0.2) is 12.8 Å². The molecule has 0 N–H and O–H groups in total. The fourth-order valence-corrected chi connectivity index (χ4v) is 5.65. The lowest BCUT2D eigenvalue weighted by Gasteiger charge is -2.37. The average molecular weight is 417 g/mol. The SMILES string of the molecule is C[C@@H](c1ccc(F)cc1)N1CCN(S(=O)(=O)c2c(Cl)cccc2Cl)CC1. The number of hydrogen-bond acceptors (Lipinski definition) is 3. The minimum atomic E-state index is -3.75. The van der Waals surface area contributed by atoms with Crippen LogP contribution >= 0.6 is 23.2 Å². The van der Waals surface area contributed by atoms with Crippen LogP contribution in [-0.2, 0) is 10.0 Å². The van der Waals surface area contributed by atoms with Crippen molar-refractivity contribution < 1.29 is 12.8 Å². The van der Waals surface area contributed by atoms with Gasteiger partial charge in [-0.3, -0.25) is 4.90 Å². The van der Waals surface area contributed by atoms with Gasteiger partial charge in [-0.05, 0) is 36.8 Å². The van der Waals surface area contributed by atoms with Crippen LogP contribution in [0.3, 0.4) is 0 Å². The molecule has 8 heteroatoms. The van der Waals surface area contributed by atoms with E-state index in [0.717, 1.165) is 5.56 Å². The molecule has 140 valence electrons. The lowest BCUT2D eigenvalue weighted by Crippen LogP contribution is -2.49. The molecule has 0 spiro atoms. The van der Waals surface area contributed by atoms with Crippen molar-refractivity contribution in [3.63, 3.8) is 0 Å². The first-order valence-corrected chi connectivity index (χ1v) is 10.4. The van der Waals surface area contributed by atoms with Gasteiger partial charge in [0.15, 0.2) is 0 Å². The normalized spacial score (nSPS) is 18.0. The highest BCUT2D eigenvalue weighted by atomic mass is 35.5. The summed E-state index contributed by atoms with van der Waals surface area (Å²) >= 11 is 12.1. The van der Waals surface area contributed by atoms with Crippen LogP contribution in [0.15, 0.2) is 47.4 Å². The van der Waals surface area contributed by atoms with Crippen molar-refractivity contribution in [2.24, 2.45) is 0 Å². The third-order valence-electron chi connectivity index (χ3n) is 4.69. The first-order valence-electron chi connectivity index (χ1n) is 8.24. The Morgan fingerprint density at radius 2 is 1.50 bits per heavy atom. The topological polar surface area (TPSA) is 40.6 Å². The first-order chi connectivity index (χ1) is 12.3. The van der Waals surface area contributed by atoms with Gasteiger partial charge in [-0.1, -0.05) is 41.4 Å². The molecule has 0 bridgehead atoms. The summed E-state index contributed by atoms with van der Waals surface area (Å²) in [5, 5.41) is 0.249. The van der Waals surface area contributed by atoms with Gasteiger partial charge in [0.1, 0.15) is 10.7 Å². The van der Waals surface area contributed by atoms with E-state index in [2.05, 4.69) is 4.90 Å². The molecule has 1 atom stereocenters. The molecular weight excluding hydrogens is 398 g/mol. The number of nitrogens with zero attached hydrogens (tertiary/aromatic N) is 2. The molecule has 1 fully saturated rings. The summed E-state index contributed by atoms with van der Waals surface area (Å²) in [6.07, 6.45) is 0. The van der Waals surface area contributed by atoms with Crippen LogP contribution in [0.4, 0.5) is 4.39 Å². The average Bonchev–Trinajstić information content (AvgIpc) is 2.61. The van der Waals surface area contributed by atoms with Crippen LogP contribution in [-0.4, -0.2) is 43.8 Å². The van der Waals surface area contributed by atoms with Crippen LogP contribution in [0.5, 0.6) is 0 Å². The Kier molecular flexibility index (Phi) is 5.89. The van der Waals surface area contributed by atoms with E-state index in [1.165, 1.54) is 28.6 Å². The second-order valence-corrected chi connectivity index (χ2v) is 8.91. The predicted octanol–water partition coefficient (Wildman–Crippen LogP) is 4.20. The summed E-state index contributed by atoms with van der Waals surface area (Å²) in [6, 6.07) is 11.1. The Bertz CT molecular complexity index is 862. The molecule has 1 saturated heterocycles. The lowest BCUT2D eigenvalue weighted by atomic mass is 10.1. The van der Waals surface area contributed by atoms with Gasteiger partial charge in [0.25, 0.3) is 0 Å². The van der Waals surface area contributed by atoms with Crippen LogP contribution in [0.25, 0.3) is 0 Å². The largest absolute Gasteiger partial charge is 0.294 e. The fourth-order valence-electron chi connectivity index (χ4n) is 3.14. The second kappa shape index (κ2) is 7.82. The molecule has 0 radical (unpaired) electrons. The van der Waals surface area contributed by atoms with E-state index in [1.807, 2.05) is 6.92 Å². The van der Waals surface area contributed by atoms with Crippen LogP contribution < -0.4 is 0 Å². The van der Waals surface area contributed by atoms with Crippen molar-refractivity contribution in [3.05, 3.63) is 63.9 Å². The highest BCUT2D eigenvalue weighted by Crippen LogP contribution is 2.32. The van der Waals surface area contributed by atoms with E-state index >= 15 is 0 Å². The van der Waals surface area contributed by atoms with Gasteiger partial charge >= 0.3 is 0 Å². The Morgan fingerprint density at radius 1 is 0.962 bits per heavy atom. The summed E-state index contributed by atoms with van der Waals surface area (Å²) in [5.74, 6) is -0.270. The molecule has 1 aliphatic rings. The predicted molar refractivity (Wildman–Crippen MR) is 102 cm³/mol. The molecular formula is C18H19Cl2FN2O2S. The number of sulfonamides is 1. The zero-order valence-corrected chi connectivity index (χ0v) is 16.5. The molecule has 4 nitrogen and oxygen atoms in total. The fraction of sp³-hybridized carbons (Fsp3) is 0.333. The molecule has 3 rings (SSSR count). The maximum absolute atomic E-state index is 13.1. The second-order valence-electron chi connectivity index (χ2n) is 6.22. The molecule has 26 heavy (non-hydrogen) atoms. The summed E-state index contributed by atoms with van der Waals surface area (Å²) in [4.78, 5) is 2.14. The van der Waals surface area contributed by atoms with Gasteiger partial charge in [0.2, 0.25) is 10.0 Å². The van der Waals surface area contributed by atoms with Crippen molar-refractivity contribution in [3.8, 4) is 0 Å². The van der Waals surface area contributed by atoms with Crippen LogP contribution in [0.2, 0.25) is 10.0 Å². The van der Waals surface area contributed by atoms with Crippen molar-refractivity contribution in [2.45, 2.75) is 17.9 Å². The van der Waals surface area contributed by atoms with Gasteiger partial charge < -0.3 is 0 Å².